The molecule has 6 nitrogen and oxygen atoms in total. The van der Waals surface area contributed by atoms with Crippen LogP contribution in [0.15, 0.2) is 35.3 Å². The lowest BCUT2D eigenvalue weighted by Gasteiger charge is -2.26. The predicted octanol–water partition coefficient (Wildman–Crippen LogP) is 1.72. The van der Waals surface area contributed by atoms with Gasteiger partial charge in [0.1, 0.15) is 0 Å². The van der Waals surface area contributed by atoms with Crippen LogP contribution in [-0.4, -0.2) is 68.7 Å². The zero-order valence-electron chi connectivity index (χ0n) is 15.8. The lowest BCUT2D eigenvalue weighted by Crippen LogP contribution is -2.47. The minimum absolute atomic E-state index is 0.0843. The third-order valence-corrected chi connectivity index (χ3v) is 7.49. The number of nitrogens with zero attached hydrogens (tertiary/aromatic N) is 2. The van der Waals surface area contributed by atoms with Gasteiger partial charge in [0, 0.05) is 50.1 Å². The summed E-state index contributed by atoms with van der Waals surface area (Å²) in [5.41, 5.74) is 1.26. The second kappa shape index (κ2) is 10.2. The smallest absolute Gasteiger partial charge is 0.215 e. The Morgan fingerprint density at radius 3 is 2.50 bits per heavy atom. The van der Waals surface area contributed by atoms with E-state index in [0.717, 1.165) is 11.5 Å². The average molecular weight is 399 g/mol. The van der Waals surface area contributed by atoms with Crippen LogP contribution in [0.1, 0.15) is 25.3 Å². The minimum atomic E-state index is -3.20. The van der Waals surface area contributed by atoms with E-state index >= 15 is 0 Å². The molecule has 0 bridgehead atoms. The summed E-state index contributed by atoms with van der Waals surface area (Å²) in [4.78, 5) is 4.22. The molecule has 2 unspecified atom stereocenters. The Balaban J connectivity index is 1.82. The van der Waals surface area contributed by atoms with Crippen molar-refractivity contribution in [2.24, 2.45) is 4.99 Å². The van der Waals surface area contributed by atoms with Gasteiger partial charge in [-0.25, -0.2) is 12.7 Å². The number of hydrogen-bond donors (Lipinski definition) is 2. The van der Waals surface area contributed by atoms with E-state index in [-0.39, 0.29) is 11.8 Å². The van der Waals surface area contributed by atoms with Gasteiger partial charge in [0.15, 0.2) is 5.96 Å². The molecule has 0 aromatic heterocycles. The van der Waals surface area contributed by atoms with E-state index < -0.39 is 10.0 Å². The maximum atomic E-state index is 12.4. The van der Waals surface area contributed by atoms with Crippen LogP contribution < -0.4 is 10.6 Å². The molecule has 0 radical (unpaired) electrons. The normalized spacial score (nSPS) is 19.0. The van der Waals surface area contributed by atoms with Gasteiger partial charge in [-0.3, -0.25) is 4.99 Å². The van der Waals surface area contributed by atoms with Gasteiger partial charge in [-0.1, -0.05) is 37.3 Å². The van der Waals surface area contributed by atoms with Gasteiger partial charge in [-0.2, -0.15) is 11.8 Å². The molecule has 1 aromatic carbocycles. The van der Waals surface area contributed by atoms with Crippen molar-refractivity contribution in [2.45, 2.75) is 25.8 Å². The van der Waals surface area contributed by atoms with Gasteiger partial charge in [0.05, 0.1) is 5.75 Å². The van der Waals surface area contributed by atoms with Gasteiger partial charge in [0.2, 0.25) is 10.0 Å². The molecule has 1 aromatic rings. The molecular formula is C18H30N4O2S2. The van der Waals surface area contributed by atoms with Crippen LogP contribution in [0, 0.1) is 0 Å². The van der Waals surface area contributed by atoms with Crippen LogP contribution in [-0.2, 0) is 10.0 Å². The van der Waals surface area contributed by atoms with Crippen molar-refractivity contribution < 1.29 is 8.42 Å². The van der Waals surface area contributed by atoms with Crippen LogP contribution >= 0.6 is 11.8 Å². The summed E-state index contributed by atoms with van der Waals surface area (Å²) < 4.78 is 26.4. The summed E-state index contributed by atoms with van der Waals surface area (Å²) in [5, 5.41) is 6.49. The highest BCUT2D eigenvalue weighted by Gasteiger charge is 2.24. The summed E-state index contributed by atoms with van der Waals surface area (Å²) in [7, 11) is -1.50. The molecule has 1 fully saturated rings. The zero-order chi connectivity index (χ0) is 19.0. The number of nitrogens with one attached hydrogen (secondary N) is 2. The van der Waals surface area contributed by atoms with E-state index in [0.29, 0.717) is 31.5 Å². The van der Waals surface area contributed by atoms with E-state index in [9.17, 15) is 8.42 Å². The van der Waals surface area contributed by atoms with Gasteiger partial charge < -0.3 is 10.6 Å². The van der Waals surface area contributed by atoms with E-state index in [1.807, 2.05) is 18.2 Å². The molecule has 1 saturated heterocycles. The van der Waals surface area contributed by atoms with E-state index in [4.69, 9.17) is 0 Å². The molecule has 26 heavy (non-hydrogen) atoms. The van der Waals surface area contributed by atoms with Gasteiger partial charge in [-0.05, 0) is 12.5 Å². The third-order valence-electron chi connectivity index (χ3n) is 4.68. The molecular weight excluding hydrogens is 368 g/mol. The van der Waals surface area contributed by atoms with Gasteiger partial charge in [-0.15, -0.1) is 0 Å². The lowest BCUT2D eigenvalue weighted by molar-refractivity contribution is 0.443. The number of guanidine groups is 1. The lowest BCUT2D eigenvalue weighted by atomic mass is 9.94. The first-order chi connectivity index (χ1) is 12.4. The topological polar surface area (TPSA) is 73.8 Å². The summed E-state index contributed by atoms with van der Waals surface area (Å²) in [6.45, 7) is 5.85. The van der Waals surface area contributed by atoms with Crippen LogP contribution in [0.5, 0.6) is 0 Å². The number of sulfonamides is 1. The molecule has 0 aliphatic carbocycles. The molecule has 1 heterocycles. The van der Waals surface area contributed by atoms with Crippen LogP contribution in [0.3, 0.4) is 0 Å². The highest BCUT2D eigenvalue weighted by molar-refractivity contribution is 7.99. The molecule has 2 rings (SSSR count). The fraction of sp³-hybridized carbons (Fsp3) is 0.611. The molecule has 2 N–H and O–H groups in total. The fourth-order valence-corrected chi connectivity index (χ4v) is 5.32. The summed E-state index contributed by atoms with van der Waals surface area (Å²) in [6.07, 6.45) is 0. The quantitative estimate of drug-likeness (QED) is 0.540. The van der Waals surface area contributed by atoms with E-state index in [2.05, 4.69) is 41.6 Å². The van der Waals surface area contributed by atoms with Crippen LogP contribution in [0.2, 0.25) is 0 Å². The molecule has 0 amide bonds. The molecule has 146 valence electrons. The van der Waals surface area contributed by atoms with E-state index in [1.165, 1.54) is 5.56 Å². The number of benzene rings is 1. The minimum Gasteiger partial charge on any atom is -0.355 e. The molecule has 8 heteroatoms. The standard InChI is InChI=1S/C18H30N4O2S2/c1-15(17-7-5-4-6-8-17)16(2)21-18(19-3)20-9-14-26(23,24)22-10-12-25-13-11-22/h4-8,15-16H,9-14H2,1-3H3,(H2,19,20,21). The average Bonchev–Trinajstić information content (AvgIpc) is 2.67. The van der Waals surface area contributed by atoms with Crippen molar-refractivity contribution in [1.82, 2.24) is 14.9 Å². The van der Waals surface area contributed by atoms with E-state index in [1.54, 1.807) is 23.1 Å². The second-order valence-electron chi connectivity index (χ2n) is 6.46. The Labute approximate surface area is 161 Å². The van der Waals surface area contributed by atoms with Crippen LogP contribution in [0.4, 0.5) is 0 Å². The maximum absolute atomic E-state index is 12.4. The summed E-state index contributed by atoms with van der Waals surface area (Å²) in [6, 6.07) is 10.5. The highest BCUT2D eigenvalue weighted by Crippen LogP contribution is 2.18. The molecule has 1 aliphatic rings. The highest BCUT2D eigenvalue weighted by atomic mass is 32.2. The Hall–Kier alpha value is -1.25. The summed E-state index contributed by atoms with van der Waals surface area (Å²) >= 11 is 1.80. The maximum Gasteiger partial charge on any atom is 0.215 e. The fourth-order valence-electron chi connectivity index (χ4n) is 2.83. The van der Waals surface area contributed by atoms with Crippen molar-refractivity contribution in [3.63, 3.8) is 0 Å². The van der Waals surface area contributed by atoms with Gasteiger partial charge in [0.25, 0.3) is 0 Å². The zero-order valence-corrected chi connectivity index (χ0v) is 17.4. The molecule has 1 aliphatic heterocycles. The molecule has 0 saturated carbocycles. The van der Waals surface area contributed by atoms with Gasteiger partial charge >= 0.3 is 0 Å². The number of thioether (sulfide) groups is 1. The first-order valence-corrected chi connectivity index (χ1v) is 11.8. The Morgan fingerprint density at radius 1 is 1.23 bits per heavy atom. The monoisotopic (exact) mass is 398 g/mol. The number of rotatable bonds is 7. The van der Waals surface area contributed by atoms with Crippen molar-refractivity contribution in [1.29, 1.82) is 0 Å². The van der Waals surface area contributed by atoms with Crippen molar-refractivity contribution in [2.75, 3.05) is 43.9 Å². The van der Waals surface area contributed by atoms with Crippen LogP contribution in [0.25, 0.3) is 0 Å². The number of hydrogen-bond acceptors (Lipinski definition) is 4. The first-order valence-electron chi connectivity index (χ1n) is 9.01. The number of aliphatic imine (C=N–C) groups is 1. The predicted molar refractivity (Wildman–Crippen MR) is 112 cm³/mol. The third kappa shape index (κ3) is 6.17. The van der Waals surface area contributed by atoms with Crippen molar-refractivity contribution in [3.8, 4) is 0 Å². The molecule has 2 atom stereocenters. The summed E-state index contributed by atoms with van der Waals surface area (Å²) in [5.74, 6) is 2.78. The Bertz CT molecular complexity index is 674. The Morgan fingerprint density at radius 2 is 1.88 bits per heavy atom. The first kappa shape index (κ1) is 21.1. The van der Waals surface area contributed by atoms with Crippen molar-refractivity contribution >= 4 is 27.7 Å². The van der Waals surface area contributed by atoms with Crippen molar-refractivity contribution in [3.05, 3.63) is 35.9 Å². The Kier molecular flexibility index (Phi) is 8.24. The largest absolute Gasteiger partial charge is 0.355 e. The SMILES string of the molecule is CN=C(NCCS(=O)(=O)N1CCSCC1)NC(C)C(C)c1ccccc1. The molecule has 0 spiro atoms. The second-order valence-corrected chi connectivity index (χ2v) is 9.77.